The van der Waals surface area contributed by atoms with Crippen LogP contribution < -0.4 is 14.8 Å². The van der Waals surface area contributed by atoms with Gasteiger partial charge in [0.25, 0.3) is 0 Å². The summed E-state index contributed by atoms with van der Waals surface area (Å²) in [6.07, 6.45) is 0.939. The first-order chi connectivity index (χ1) is 9.60. The minimum absolute atomic E-state index is 0.0991. The zero-order valence-electron chi connectivity index (χ0n) is 12.0. The van der Waals surface area contributed by atoms with E-state index in [1.807, 2.05) is 12.1 Å². The highest BCUT2D eigenvalue weighted by Crippen LogP contribution is 2.38. The van der Waals surface area contributed by atoms with E-state index in [2.05, 4.69) is 19.2 Å². The largest absolute Gasteiger partial charge is 0.486 e. The molecule has 112 valence electrons. The van der Waals surface area contributed by atoms with Crippen molar-refractivity contribution in [1.82, 2.24) is 5.32 Å². The lowest BCUT2D eigenvalue weighted by molar-refractivity contribution is 0.171. The van der Waals surface area contributed by atoms with Gasteiger partial charge >= 0.3 is 0 Å². The van der Waals surface area contributed by atoms with Gasteiger partial charge in [-0.2, -0.15) is 0 Å². The Morgan fingerprint density at radius 2 is 2.05 bits per heavy atom. The van der Waals surface area contributed by atoms with Gasteiger partial charge in [0.2, 0.25) is 0 Å². The molecule has 0 spiro atoms. The van der Waals surface area contributed by atoms with Crippen molar-refractivity contribution in [3.63, 3.8) is 0 Å². The molecule has 0 saturated heterocycles. The maximum absolute atomic E-state index is 9.37. The fraction of sp³-hybridized carbons (Fsp3) is 0.600. The Kier molecular flexibility index (Phi) is 5.52. The molecular weight excluding hydrogens is 278 g/mol. The van der Waals surface area contributed by atoms with Crippen molar-refractivity contribution in [2.45, 2.75) is 32.9 Å². The van der Waals surface area contributed by atoms with Crippen molar-refractivity contribution >= 4 is 11.6 Å². The van der Waals surface area contributed by atoms with E-state index in [0.29, 0.717) is 42.2 Å². The molecule has 2 N–H and O–H groups in total. The highest BCUT2D eigenvalue weighted by Gasteiger charge is 2.17. The summed E-state index contributed by atoms with van der Waals surface area (Å²) in [7, 11) is 0. The van der Waals surface area contributed by atoms with Gasteiger partial charge in [-0.15, -0.1) is 0 Å². The summed E-state index contributed by atoms with van der Waals surface area (Å²) < 4.78 is 11.0. The Morgan fingerprint density at radius 1 is 1.30 bits per heavy atom. The van der Waals surface area contributed by atoms with Gasteiger partial charge in [0.05, 0.1) is 11.6 Å². The van der Waals surface area contributed by atoms with Gasteiger partial charge in [-0.05, 0) is 30.0 Å². The van der Waals surface area contributed by atoms with E-state index >= 15 is 0 Å². The number of aliphatic hydroxyl groups is 1. The maximum Gasteiger partial charge on any atom is 0.179 e. The highest BCUT2D eigenvalue weighted by molar-refractivity contribution is 6.32. The van der Waals surface area contributed by atoms with Gasteiger partial charge in [0.15, 0.2) is 11.5 Å². The summed E-state index contributed by atoms with van der Waals surface area (Å²) in [6, 6.07) is 3.92. The van der Waals surface area contributed by atoms with Gasteiger partial charge in [0, 0.05) is 12.6 Å². The van der Waals surface area contributed by atoms with Crippen molar-refractivity contribution in [3.8, 4) is 11.5 Å². The molecule has 1 unspecified atom stereocenters. The number of aliphatic hydroxyl groups excluding tert-OH is 1. The summed E-state index contributed by atoms with van der Waals surface area (Å²) in [5, 5.41) is 13.3. The second kappa shape index (κ2) is 7.16. The van der Waals surface area contributed by atoms with E-state index < -0.39 is 0 Å². The number of nitrogens with one attached hydrogen (secondary N) is 1. The SMILES string of the molecule is CC(C)CC(CO)NCc1cc(Cl)c2c(c1)OCCO2. The number of benzene rings is 1. The Labute approximate surface area is 125 Å². The first-order valence-corrected chi connectivity index (χ1v) is 7.40. The Hall–Kier alpha value is -0.970. The van der Waals surface area contributed by atoms with Crippen LogP contribution in [0.2, 0.25) is 5.02 Å². The van der Waals surface area contributed by atoms with Gasteiger partial charge < -0.3 is 19.9 Å². The average Bonchev–Trinajstić information content (AvgIpc) is 2.43. The van der Waals surface area contributed by atoms with E-state index in [9.17, 15) is 5.11 Å². The number of hydrogen-bond acceptors (Lipinski definition) is 4. The van der Waals surface area contributed by atoms with E-state index in [4.69, 9.17) is 21.1 Å². The van der Waals surface area contributed by atoms with Gasteiger partial charge in [-0.3, -0.25) is 0 Å². The first-order valence-electron chi connectivity index (χ1n) is 7.02. The van der Waals surface area contributed by atoms with Crippen LogP contribution >= 0.6 is 11.6 Å². The fourth-order valence-corrected chi connectivity index (χ4v) is 2.61. The lowest BCUT2D eigenvalue weighted by Gasteiger charge is -2.22. The summed E-state index contributed by atoms with van der Waals surface area (Å²) in [4.78, 5) is 0. The van der Waals surface area contributed by atoms with Crippen LogP contribution in [0, 0.1) is 5.92 Å². The smallest absolute Gasteiger partial charge is 0.179 e. The summed E-state index contributed by atoms with van der Waals surface area (Å²) in [5.74, 6) is 1.87. The van der Waals surface area contributed by atoms with Crippen molar-refractivity contribution in [3.05, 3.63) is 22.7 Å². The topological polar surface area (TPSA) is 50.7 Å². The second-order valence-corrected chi connectivity index (χ2v) is 5.90. The minimum Gasteiger partial charge on any atom is -0.486 e. The molecule has 0 fully saturated rings. The van der Waals surface area contributed by atoms with Gasteiger partial charge in [-0.1, -0.05) is 25.4 Å². The molecular formula is C15H22ClNO3. The minimum atomic E-state index is 0.0991. The lowest BCUT2D eigenvalue weighted by Crippen LogP contribution is -2.33. The molecule has 1 aliphatic heterocycles. The third kappa shape index (κ3) is 4.01. The molecule has 0 radical (unpaired) electrons. The third-order valence-corrected chi connectivity index (χ3v) is 3.51. The normalized spacial score (nSPS) is 15.4. The maximum atomic E-state index is 9.37. The fourth-order valence-electron chi connectivity index (χ4n) is 2.32. The Balaban J connectivity index is 2.01. The van der Waals surface area contributed by atoms with Crippen molar-refractivity contribution in [2.75, 3.05) is 19.8 Å². The number of rotatable bonds is 6. The molecule has 0 aromatic heterocycles. The number of hydrogen-bond donors (Lipinski definition) is 2. The van der Waals surface area contributed by atoms with Crippen LogP contribution in [0.25, 0.3) is 0 Å². The van der Waals surface area contributed by atoms with E-state index in [1.165, 1.54) is 0 Å². The van der Waals surface area contributed by atoms with E-state index in [0.717, 1.165) is 12.0 Å². The first kappa shape index (κ1) is 15.4. The molecule has 1 heterocycles. The van der Waals surface area contributed by atoms with Crippen LogP contribution in [0.3, 0.4) is 0 Å². The molecule has 5 heteroatoms. The second-order valence-electron chi connectivity index (χ2n) is 5.49. The predicted octanol–water partition coefficient (Wildman–Crippen LogP) is 2.61. The summed E-state index contributed by atoms with van der Waals surface area (Å²) in [6.45, 7) is 6.15. The average molecular weight is 300 g/mol. The van der Waals surface area contributed by atoms with Crippen LogP contribution in [-0.2, 0) is 6.54 Å². The molecule has 1 aromatic rings. The molecule has 1 atom stereocenters. The standard InChI is InChI=1S/C15H22ClNO3/c1-10(2)5-12(9-18)17-8-11-6-13(16)15-14(7-11)19-3-4-20-15/h6-7,10,12,17-18H,3-5,8-9H2,1-2H3. The zero-order valence-corrected chi connectivity index (χ0v) is 12.7. The number of halogens is 1. The highest BCUT2D eigenvalue weighted by atomic mass is 35.5. The molecule has 20 heavy (non-hydrogen) atoms. The molecule has 1 aliphatic rings. The zero-order chi connectivity index (χ0) is 14.5. The molecule has 0 amide bonds. The van der Waals surface area contributed by atoms with Crippen LogP contribution in [0.1, 0.15) is 25.8 Å². The van der Waals surface area contributed by atoms with Gasteiger partial charge in [0.1, 0.15) is 13.2 Å². The third-order valence-electron chi connectivity index (χ3n) is 3.23. The Bertz CT molecular complexity index is 451. The lowest BCUT2D eigenvalue weighted by atomic mass is 10.0. The quantitative estimate of drug-likeness (QED) is 0.848. The summed E-state index contributed by atoms with van der Waals surface area (Å²) >= 11 is 6.20. The molecule has 0 bridgehead atoms. The van der Waals surface area contributed by atoms with Crippen molar-refractivity contribution in [1.29, 1.82) is 0 Å². The monoisotopic (exact) mass is 299 g/mol. The van der Waals surface area contributed by atoms with Crippen LogP contribution in [0.5, 0.6) is 11.5 Å². The van der Waals surface area contributed by atoms with E-state index in [1.54, 1.807) is 0 Å². The number of ether oxygens (including phenoxy) is 2. The van der Waals surface area contributed by atoms with Crippen molar-refractivity contribution < 1.29 is 14.6 Å². The Morgan fingerprint density at radius 3 is 2.75 bits per heavy atom. The predicted molar refractivity (Wildman–Crippen MR) is 79.6 cm³/mol. The molecule has 0 saturated carbocycles. The van der Waals surface area contributed by atoms with Crippen LogP contribution in [0.15, 0.2) is 12.1 Å². The summed E-state index contributed by atoms with van der Waals surface area (Å²) in [5.41, 5.74) is 1.03. The molecule has 1 aromatic carbocycles. The number of fused-ring (bicyclic) bond motifs is 1. The van der Waals surface area contributed by atoms with Crippen molar-refractivity contribution in [2.24, 2.45) is 5.92 Å². The molecule has 4 nitrogen and oxygen atoms in total. The van der Waals surface area contributed by atoms with Crippen LogP contribution in [-0.4, -0.2) is 31.0 Å². The van der Waals surface area contributed by atoms with E-state index in [-0.39, 0.29) is 12.6 Å². The van der Waals surface area contributed by atoms with Crippen LogP contribution in [0.4, 0.5) is 0 Å². The van der Waals surface area contributed by atoms with Gasteiger partial charge in [-0.25, -0.2) is 0 Å². The molecule has 0 aliphatic carbocycles. The molecule has 2 rings (SSSR count).